The number of halogens is 1. The van der Waals surface area contributed by atoms with E-state index < -0.39 is 0 Å². The van der Waals surface area contributed by atoms with Crippen molar-refractivity contribution in [1.29, 1.82) is 0 Å². The van der Waals surface area contributed by atoms with Crippen LogP contribution in [-0.4, -0.2) is 20.3 Å². The van der Waals surface area contributed by atoms with Gasteiger partial charge < -0.3 is 15.2 Å². The van der Waals surface area contributed by atoms with Crippen LogP contribution in [0, 0.1) is 0 Å². The van der Waals surface area contributed by atoms with Crippen LogP contribution in [0.15, 0.2) is 12.1 Å². The molecule has 3 nitrogen and oxygen atoms in total. The van der Waals surface area contributed by atoms with Crippen molar-refractivity contribution in [3.8, 4) is 11.5 Å². The number of unbranched alkanes of at least 4 members (excludes halogenated alkanes) is 3. The predicted molar refractivity (Wildman–Crippen MR) is 96.6 cm³/mol. The van der Waals surface area contributed by atoms with Crippen LogP contribution in [-0.2, 0) is 12.8 Å². The Kier molecular flexibility index (Phi) is 11.1. The first-order valence-electron chi connectivity index (χ1n) is 8.15. The van der Waals surface area contributed by atoms with E-state index in [1.165, 1.54) is 31.2 Å². The van der Waals surface area contributed by atoms with Gasteiger partial charge in [0.05, 0.1) is 14.2 Å². The summed E-state index contributed by atoms with van der Waals surface area (Å²) in [7, 11) is 3.46. The number of ether oxygens (including phenoxy) is 2. The van der Waals surface area contributed by atoms with Gasteiger partial charge in [-0.25, -0.2) is 0 Å². The van der Waals surface area contributed by atoms with E-state index in [4.69, 9.17) is 15.2 Å². The standard InChI is InChI=1S/C18H31NO2.ClH/c1-5-7-8-9-10-14-12-18(21-4)15(11-16(19)6-2)13-17(14)20-3;/h12-13,16H,5-11,19H2,1-4H3;1H. The van der Waals surface area contributed by atoms with E-state index >= 15 is 0 Å². The average molecular weight is 330 g/mol. The minimum absolute atomic E-state index is 0. The third-order valence-electron chi connectivity index (χ3n) is 3.99. The van der Waals surface area contributed by atoms with Gasteiger partial charge in [-0.3, -0.25) is 0 Å². The van der Waals surface area contributed by atoms with Crippen LogP contribution in [0.4, 0.5) is 0 Å². The molecule has 0 aromatic heterocycles. The lowest BCUT2D eigenvalue weighted by molar-refractivity contribution is 0.392. The summed E-state index contributed by atoms with van der Waals surface area (Å²) < 4.78 is 11.1. The van der Waals surface area contributed by atoms with E-state index in [2.05, 4.69) is 26.0 Å². The molecule has 2 N–H and O–H groups in total. The summed E-state index contributed by atoms with van der Waals surface area (Å²) in [5.74, 6) is 1.90. The number of benzene rings is 1. The average Bonchev–Trinajstić information content (AvgIpc) is 2.51. The zero-order valence-corrected chi connectivity index (χ0v) is 15.3. The summed E-state index contributed by atoms with van der Waals surface area (Å²) in [5.41, 5.74) is 8.45. The highest BCUT2D eigenvalue weighted by molar-refractivity contribution is 5.85. The second-order valence-electron chi connectivity index (χ2n) is 5.66. The normalized spacial score (nSPS) is 11.7. The van der Waals surface area contributed by atoms with Crippen LogP contribution < -0.4 is 15.2 Å². The van der Waals surface area contributed by atoms with E-state index in [-0.39, 0.29) is 18.4 Å². The van der Waals surface area contributed by atoms with Crippen molar-refractivity contribution < 1.29 is 9.47 Å². The molecule has 4 heteroatoms. The van der Waals surface area contributed by atoms with Crippen LogP contribution in [0.5, 0.6) is 11.5 Å². The molecule has 0 fully saturated rings. The van der Waals surface area contributed by atoms with Gasteiger partial charge in [-0.1, -0.05) is 33.1 Å². The lowest BCUT2D eigenvalue weighted by Crippen LogP contribution is -2.21. The van der Waals surface area contributed by atoms with Gasteiger partial charge in [-0.15, -0.1) is 12.4 Å². The van der Waals surface area contributed by atoms with E-state index in [0.29, 0.717) is 0 Å². The molecule has 1 atom stereocenters. The van der Waals surface area contributed by atoms with Crippen LogP contribution in [0.3, 0.4) is 0 Å². The van der Waals surface area contributed by atoms with Crippen molar-refractivity contribution in [1.82, 2.24) is 0 Å². The van der Waals surface area contributed by atoms with Crippen molar-refractivity contribution in [2.24, 2.45) is 5.73 Å². The van der Waals surface area contributed by atoms with Crippen molar-refractivity contribution in [3.05, 3.63) is 23.3 Å². The maximum atomic E-state index is 6.08. The molecule has 0 aliphatic carbocycles. The highest BCUT2D eigenvalue weighted by Gasteiger charge is 2.13. The first kappa shape index (κ1) is 21.1. The SMILES string of the molecule is CCCCCCc1cc(OC)c(CC(N)CC)cc1OC.Cl. The zero-order chi connectivity index (χ0) is 15.7. The second-order valence-corrected chi connectivity index (χ2v) is 5.66. The molecule has 0 amide bonds. The van der Waals surface area contributed by atoms with Crippen molar-refractivity contribution in [2.45, 2.75) is 64.8 Å². The van der Waals surface area contributed by atoms with E-state index in [0.717, 1.165) is 36.3 Å². The third kappa shape index (κ3) is 6.45. The summed E-state index contributed by atoms with van der Waals surface area (Å²) in [6.07, 6.45) is 7.85. The number of hydrogen-bond donors (Lipinski definition) is 1. The number of methoxy groups -OCH3 is 2. The van der Waals surface area contributed by atoms with Gasteiger partial charge in [-0.2, -0.15) is 0 Å². The van der Waals surface area contributed by atoms with Crippen molar-refractivity contribution in [3.63, 3.8) is 0 Å². The molecule has 0 aliphatic heterocycles. The maximum absolute atomic E-state index is 6.08. The largest absolute Gasteiger partial charge is 0.496 e. The van der Waals surface area contributed by atoms with Crippen LogP contribution >= 0.6 is 12.4 Å². The molecule has 0 radical (unpaired) electrons. The van der Waals surface area contributed by atoms with Gasteiger partial charge in [0.1, 0.15) is 11.5 Å². The summed E-state index contributed by atoms with van der Waals surface area (Å²) >= 11 is 0. The summed E-state index contributed by atoms with van der Waals surface area (Å²) in [5, 5.41) is 0. The second kappa shape index (κ2) is 11.6. The molecule has 0 aliphatic rings. The Morgan fingerprint density at radius 1 is 0.955 bits per heavy atom. The molecule has 22 heavy (non-hydrogen) atoms. The van der Waals surface area contributed by atoms with Gasteiger partial charge in [0.25, 0.3) is 0 Å². The molecule has 1 unspecified atom stereocenters. The number of nitrogens with two attached hydrogens (primary N) is 1. The predicted octanol–water partition coefficient (Wildman–Crippen LogP) is 4.53. The molecule has 0 bridgehead atoms. The van der Waals surface area contributed by atoms with Crippen LogP contribution in [0.1, 0.15) is 57.1 Å². The van der Waals surface area contributed by atoms with Gasteiger partial charge in [0.15, 0.2) is 0 Å². The molecule has 0 saturated carbocycles. The Morgan fingerprint density at radius 2 is 1.55 bits per heavy atom. The maximum Gasteiger partial charge on any atom is 0.122 e. The smallest absolute Gasteiger partial charge is 0.122 e. The minimum atomic E-state index is 0. The Balaban J connectivity index is 0.00000441. The fourth-order valence-corrected chi connectivity index (χ4v) is 2.55. The van der Waals surface area contributed by atoms with Gasteiger partial charge in [0, 0.05) is 6.04 Å². The molecule has 0 saturated heterocycles. The molecule has 1 rings (SSSR count). The molecule has 1 aromatic carbocycles. The lowest BCUT2D eigenvalue weighted by Gasteiger charge is -2.17. The molecule has 1 aromatic rings. The molecule has 0 spiro atoms. The lowest BCUT2D eigenvalue weighted by atomic mass is 9.98. The monoisotopic (exact) mass is 329 g/mol. The molecule has 0 heterocycles. The Bertz CT molecular complexity index is 424. The molecular weight excluding hydrogens is 298 g/mol. The first-order valence-corrected chi connectivity index (χ1v) is 8.15. The van der Waals surface area contributed by atoms with Gasteiger partial charge in [0.2, 0.25) is 0 Å². The highest BCUT2D eigenvalue weighted by atomic mass is 35.5. The van der Waals surface area contributed by atoms with E-state index in [9.17, 15) is 0 Å². The summed E-state index contributed by atoms with van der Waals surface area (Å²) in [6.45, 7) is 4.34. The quantitative estimate of drug-likeness (QED) is 0.641. The van der Waals surface area contributed by atoms with Crippen molar-refractivity contribution >= 4 is 12.4 Å². The number of rotatable bonds is 10. The van der Waals surface area contributed by atoms with Crippen LogP contribution in [0.2, 0.25) is 0 Å². The number of aryl methyl sites for hydroxylation is 1. The zero-order valence-electron chi connectivity index (χ0n) is 14.5. The minimum Gasteiger partial charge on any atom is -0.496 e. The van der Waals surface area contributed by atoms with E-state index in [1.54, 1.807) is 14.2 Å². The summed E-state index contributed by atoms with van der Waals surface area (Å²) in [4.78, 5) is 0. The Morgan fingerprint density at radius 3 is 2.09 bits per heavy atom. The third-order valence-corrected chi connectivity index (χ3v) is 3.99. The first-order chi connectivity index (χ1) is 10.2. The van der Waals surface area contributed by atoms with E-state index in [1.807, 2.05) is 0 Å². The number of hydrogen-bond acceptors (Lipinski definition) is 3. The highest BCUT2D eigenvalue weighted by Crippen LogP contribution is 2.31. The Hall–Kier alpha value is -0.930. The van der Waals surface area contributed by atoms with Crippen LogP contribution in [0.25, 0.3) is 0 Å². The molecular formula is C18H32ClNO2. The fourth-order valence-electron chi connectivity index (χ4n) is 2.55. The van der Waals surface area contributed by atoms with Gasteiger partial charge >= 0.3 is 0 Å². The van der Waals surface area contributed by atoms with Crippen molar-refractivity contribution in [2.75, 3.05) is 14.2 Å². The summed E-state index contributed by atoms with van der Waals surface area (Å²) in [6, 6.07) is 4.39. The topological polar surface area (TPSA) is 44.5 Å². The van der Waals surface area contributed by atoms with Gasteiger partial charge in [-0.05, 0) is 48.9 Å². The fraction of sp³-hybridized carbons (Fsp3) is 0.667. The Labute approximate surface area is 142 Å². The molecule has 128 valence electrons.